The maximum absolute atomic E-state index is 10.9. The zero-order valence-electron chi connectivity index (χ0n) is 9.12. The molecule has 0 aliphatic carbocycles. The van der Waals surface area contributed by atoms with Gasteiger partial charge in [0.15, 0.2) is 0 Å². The van der Waals surface area contributed by atoms with Gasteiger partial charge in [0, 0.05) is 18.0 Å². The Morgan fingerprint density at radius 1 is 1.35 bits per heavy atom. The van der Waals surface area contributed by atoms with Gasteiger partial charge in [-0.3, -0.25) is 9.97 Å². The second-order valence-corrected chi connectivity index (χ2v) is 3.31. The second kappa shape index (κ2) is 4.61. The first-order valence-electron chi connectivity index (χ1n) is 4.90. The molecule has 5 heteroatoms. The Kier molecular flexibility index (Phi) is 3.00. The molecule has 0 radical (unpaired) electrons. The minimum atomic E-state index is -0.988. The first kappa shape index (κ1) is 11.1. The molecule has 0 aliphatic heterocycles. The Bertz CT molecular complexity index is 541. The molecule has 0 saturated carbocycles. The Hall–Kier alpha value is -2.43. The zero-order valence-corrected chi connectivity index (χ0v) is 9.12. The summed E-state index contributed by atoms with van der Waals surface area (Å²) in [6.45, 7) is 0. The number of carbonyl (C=O) groups is 1. The van der Waals surface area contributed by atoms with E-state index >= 15 is 0 Å². The summed E-state index contributed by atoms with van der Waals surface area (Å²) in [6, 6.07) is 4.61. The van der Waals surface area contributed by atoms with Crippen LogP contribution in [-0.4, -0.2) is 28.2 Å². The number of aromatic carboxylic acids is 1. The van der Waals surface area contributed by atoms with Crippen LogP contribution in [0.15, 0.2) is 36.8 Å². The van der Waals surface area contributed by atoms with Gasteiger partial charge in [-0.05, 0) is 18.2 Å². The third-order valence-corrected chi connectivity index (χ3v) is 2.29. The van der Waals surface area contributed by atoms with E-state index in [9.17, 15) is 4.79 Å². The molecule has 2 aromatic rings. The average Bonchev–Trinajstić information content (AvgIpc) is 2.39. The highest BCUT2D eigenvalue weighted by molar-refractivity contribution is 5.90. The smallest absolute Gasteiger partial charge is 0.335 e. The number of rotatable bonds is 3. The molecule has 0 bridgehead atoms. The molecular formula is C12H10N2O3. The molecular weight excluding hydrogens is 220 g/mol. The predicted octanol–water partition coefficient (Wildman–Crippen LogP) is 1.85. The second-order valence-electron chi connectivity index (χ2n) is 3.31. The number of methoxy groups -OCH3 is 1. The van der Waals surface area contributed by atoms with Gasteiger partial charge in [0.25, 0.3) is 0 Å². The third kappa shape index (κ3) is 2.23. The van der Waals surface area contributed by atoms with Crippen LogP contribution in [0.3, 0.4) is 0 Å². The summed E-state index contributed by atoms with van der Waals surface area (Å²) in [5.41, 5.74) is 1.37. The van der Waals surface area contributed by atoms with Crippen LogP contribution in [-0.2, 0) is 0 Å². The highest BCUT2D eigenvalue weighted by Crippen LogP contribution is 2.28. The van der Waals surface area contributed by atoms with Gasteiger partial charge in [0.05, 0.1) is 24.6 Å². The summed E-state index contributed by atoms with van der Waals surface area (Å²) in [7, 11) is 1.52. The summed E-state index contributed by atoms with van der Waals surface area (Å²) in [5.74, 6) is -0.423. The van der Waals surface area contributed by atoms with Crippen LogP contribution in [0.4, 0.5) is 0 Å². The van der Waals surface area contributed by atoms with Gasteiger partial charge in [0.1, 0.15) is 5.75 Å². The van der Waals surface area contributed by atoms with Crippen LogP contribution in [0.5, 0.6) is 5.75 Å². The highest BCUT2D eigenvalue weighted by Gasteiger charge is 2.11. The van der Waals surface area contributed by atoms with E-state index < -0.39 is 5.97 Å². The van der Waals surface area contributed by atoms with E-state index in [0.717, 1.165) is 0 Å². The average molecular weight is 230 g/mol. The fourth-order valence-corrected chi connectivity index (χ4v) is 1.48. The fourth-order valence-electron chi connectivity index (χ4n) is 1.48. The Balaban J connectivity index is 2.58. The number of carboxylic acids is 1. The van der Waals surface area contributed by atoms with Crippen LogP contribution < -0.4 is 4.74 Å². The van der Waals surface area contributed by atoms with Crippen LogP contribution in [0.2, 0.25) is 0 Å². The lowest BCUT2D eigenvalue weighted by atomic mass is 10.1. The van der Waals surface area contributed by atoms with Gasteiger partial charge < -0.3 is 9.84 Å². The molecule has 1 N–H and O–H groups in total. The molecule has 0 aliphatic rings. The van der Waals surface area contributed by atoms with Gasteiger partial charge in [-0.15, -0.1) is 0 Å². The quantitative estimate of drug-likeness (QED) is 0.871. The first-order chi connectivity index (χ1) is 8.22. The largest absolute Gasteiger partial charge is 0.496 e. The van der Waals surface area contributed by atoms with Crippen LogP contribution in [0.1, 0.15) is 10.4 Å². The molecule has 1 aromatic heterocycles. The molecule has 5 nitrogen and oxygen atoms in total. The van der Waals surface area contributed by atoms with Crippen LogP contribution in [0.25, 0.3) is 11.3 Å². The van der Waals surface area contributed by atoms with Crippen molar-refractivity contribution in [3.05, 3.63) is 42.4 Å². The van der Waals surface area contributed by atoms with E-state index in [1.165, 1.54) is 19.2 Å². The van der Waals surface area contributed by atoms with Gasteiger partial charge in [0.2, 0.25) is 0 Å². The van der Waals surface area contributed by atoms with Crippen molar-refractivity contribution in [3.8, 4) is 17.0 Å². The maximum Gasteiger partial charge on any atom is 0.335 e. The molecule has 0 spiro atoms. The van der Waals surface area contributed by atoms with Gasteiger partial charge >= 0.3 is 5.97 Å². The standard InChI is InChI=1S/C12H10N2O3/c1-17-11-3-2-8(12(15)16)6-9(11)10-7-13-4-5-14-10/h2-7H,1H3,(H,15,16). The van der Waals surface area contributed by atoms with Gasteiger partial charge in [-0.1, -0.05) is 0 Å². The molecule has 0 atom stereocenters. The SMILES string of the molecule is COc1ccc(C(=O)O)cc1-c1cnccn1. The normalized spacial score (nSPS) is 9.94. The van der Waals surface area contributed by atoms with E-state index in [-0.39, 0.29) is 5.56 Å². The third-order valence-electron chi connectivity index (χ3n) is 2.29. The predicted molar refractivity (Wildman–Crippen MR) is 61.0 cm³/mol. The zero-order chi connectivity index (χ0) is 12.3. The monoisotopic (exact) mass is 230 g/mol. The number of hydrogen-bond donors (Lipinski definition) is 1. The fraction of sp³-hybridized carbons (Fsp3) is 0.0833. The van der Waals surface area contributed by atoms with Gasteiger partial charge in [-0.2, -0.15) is 0 Å². The molecule has 0 saturated heterocycles. The van der Waals surface area contributed by atoms with Crippen molar-refractivity contribution in [2.75, 3.05) is 7.11 Å². The number of nitrogens with zero attached hydrogens (tertiary/aromatic N) is 2. The van der Waals surface area contributed by atoms with Crippen molar-refractivity contribution < 1.29 is 14.6 Å². The lowest BCUT2D eigenvalue weighted by Crippen LogP contribution is -1.98. The molecule has 17 heavy (non-hydrogen) atoms. The lowest BCUT2D eigenvalue weighted by Gasteiger charge is -2.08. The molecule has 1 heterocycles. The molecule has 1 aromatic carbocycles. The Morgan fingerprint density at radius 3 is 2.76 bits per heavy atom. The van der Waals surface area contributed by atoms with E-state index in [2.05, 4.69) is 9.97 Å². The van der Waals surface area contributed by atoms with E-state index in [1.54, 1.807) is 24.7 Å². The van der Waals surface area contributed by atoms with Crippen LogP contribution in [0, 0.1) is 0 Å². The minimum absolute atomic E-state index is 0.187. The summed E-state index contributed by atoms with van der Waals surface area (Å²) < 4.78 is 5.17. The number of hydrogen-bond acceptors (Lipinski definition) is 4. The number of ether oxygens (including phenoxy) is 1. The first-order valence-corrected chi connectivity index (χ1v) is 4.90. The van der Waals surface area contributed by atoms with Crippen molar-refractivity contribution in [2.24, 2.45) is 0 Å². The lowest BCUT2D eigenvalue weighted by molar-refractivity contribution is 0.0697. The van der Waals surface area contributed by atoms with Crippen molar-refractivity contribution in [1.29, 1.82) is 0 Å². The van der Waals surface area contributed by atoms with Crippen molar-refractivity contribution >= 4 is 5.97 Å². The molecule has 2 rings (SSSR count). The van der Waals surface area contributed by atoms with E-state index in [4.69, 9.17) is 9.84 Å². The minimum Gasteiger partial charge on any atom is -0.496 e. The topological polar surface area (TPSA) is 72.3 Å². The van der Waals surface area contributed by atoms with E-state index in [0.29, 0.717) is 17.0 Å². The maximum atomic E-state index is 10.9. The Labute approximate surface area is 97.7 Å². The molecule has 0 amide bonds. The number of carboxylic acid groups (broad SMARTS) is 1. The number of benzene rings is 1. The van der Waals surface area contributed by atoms with Crippen molar-refractivity contribution in [1.82, 2.24) is 9.97 Å². The van der Waals surface area contributed by atoms with E-state index in [1.807, 2.05) is 0 Å². The summed E-state index contributed by atoms with van der Waals surface area (Å²) in [4.78, 5) is 19.0. The molecule has 0 unspecified atom stereocenters. The van der Waals surface area contributed by atoms with Gasteiger partial charge in [-0.25, -0.2) is 4.79 Å². The number of aromatic nitrogens is 2. The molecule has 0 fully saturated rings. The summed E-state index contributed by atoms with van der Waals surface area (Å²) in [5, 5.41) is 8.94. The molecule has 86 valence electrons. The Morgan fingerprint density at radius 2 is 2.18 bits per heavy atom. The summed E-state index contributed by atoms with van der Waals surface area (Å²) >= 11 is 0. The van der Waals surface area contributed by atoms with Crippen molar-refractivity contribution in [3.63, 3.8) is 0 Å². The van der Waals surface area contributed by atoms with Crippen LogP contribution >= 0.6 is 0 Å². The highest BCUT2D eigenvalue weighted by atomic mass is 16.5. The van der Waals surface area contributed by atoms with Crippen molar-refractivity contribution in [2.45, 2.75) is 0 Å². The summed E-state index contributed by atoms with van der Waals surface area (Å²) in [6.07, 6.45) is 4.66.